The van der Waals surface area contributed by atoms with Gasteiger partial charge in [-0.25, -0.2) is 14.4 Å². The van der Waals surface area contributed by atoms with E-state index in [1.165, 1.54) is 11.8 Å². The van der Waals surface area contributed by atoms with Gasteiger partial charge in [-0.1, -0.05) is 11.8 Å². The zero-order valence-corrected chi connectivity index (χ0v) is 8.83. The molecule has 0 bridgehead atoms. The van der Waals surface area contributed by atoms with E-state index in [-0.39, 0.29) is 5.03 Å². The molecule has 0 spiro atoms. The molecule has 1 aromatic carbocycles. The van der Waals surface area contributed by atoms with Gasteiger partial charge in [-0.2, -0.15) is 5.26 Å². The van der Waals surface area contributed by atoms with Gasteiger partial charge in [-0.05, 0) is 24.3 Å². The Bertz CT molecular complexity index is 534. The first kappa shape index (κ1) is 10.6. The highest BCUT2D eigenvalue weighted by Crippen LogP contribution is 2.27. The zero-order valence-electron chi connectivity index (χ0n) is 8.01. The standard InChI is InChI=1S/C11H5FN3S/c12-10-6-14-7-15-11(10)16-9-3-1-8(5-13)2-4-9/h1-4,6H. The maximum Gasteiger partial charge on any atom is 0.199 e. The molecule has 16 heavy (non-hydrogen) atoms. The van der Waals surface area contributed by atoms with Crippen molar-refractivity contribution in [3.8, 4) is 6.07 Å². The lowest BCUT2D eigenvalue weighted by atomic mass is 10.2. The van der Waals surface area contributed by atoms with E-state index in [0.717, 1.165) is 11.1 Å². The van der Waals surface area contributed by atoms with E-state index in [2.05, 4.69) is 16.3 Å². The van der Waals surface area contributed by atoms with E-state index >= 15 is 0 Å². The molecule has 2 rings (SSSR count). The molecule has 0 N–H and O–H groups in total. The molecule has 5 heteroatoms. The highest BCUT2D eigenvalue weighted by Gasteiger charge is 2.05. The van der Waals surface area contributed by atoms with Gasteiger partial charge in [0.15, 0.2) is 12.1 Å². The summed E-state index contributed by atoms with van der Waals surface area (Å²) in [6.07, 6.45) is 3.40. The van der Waals surface area contributed by atoms with Crippen LogP contribution in [0.2, 0.25) is 0 Å². The number of aromatic nitrogens is 2. The van der Waals surface area contributed by atoms with Crippen molar-refractivity contribution in [2.75, 3.05) is 0 Å². The largest absolute Gasteiger partial charge is 0.231 e. The lowest BCUT2D eigenvalue weighted by Crippen LogP contribution is -1.88. The summed E-state index contributed by atoms with van der Waals surface area (Å²) < 4.78 is 13.2. The minimum Gasteiger partial charge on any atom is -0.231 e. The minimum absolute atomic E-state index is 0.222. The Morgan fingerprint density at radius 3 is 2.69 bits per heavy atom. The van der Waals surface area contributed by atoms with Gasteiger partial charge >= 0.3 is 0 Å². The smallest absolute Gasteiger partial charge is 0.199 e. The Morgan fingerprint density at radius 2 is 2.06 bits per heavy atom. The number of hydrogen-bond donors (Lipinski definition) is 0. The third-order valence-electron chi connectivity index (χ3n) is 1.79. The first-order chi connectivity index (χ1) is 7.79. The number of hydrogen-bond acceptors (Lipinski definition) is 4. The molecule has 1 radical (unpaired) electrons. The van der Waals surface area contributed by atoms with Crippen molar-refractivity contribution in [3.05, 3.63) is 48.2 Å². The van der Waals surface area contributed by atoms with E-state index in [0.29, 0.717) is 5.56 Å². The molecular formula is C11H5FN3S. The van der Waals surface area contributed by atoms with Gasteiger partial charge in [0.2, 0.25) is 0 Å². The summed E-state index contributed by atoms with van der Waals surface area (Å²) >= 11 is 1.17. The van der Waals surface area contributed by atoms with Crippen LogP contribution in [-0.2, 0) is 0 Å². The summed E-state index contributed by atoms with van der Waals surface area (Å²) in [5.74, 6) is -0.479. The fourth-order valence-corrected chi connectivity index (χ4v) is 1.78. The van der Waals surface area contributed by atoms with Crippen LogP contribution < -0.4 is 0 Å². The Labute approximate surface area is 96.0 Å². The maximum absolute atomic E-state index is 13.2. The van der Waals surface area contributed by atoms with Crippen LogP contribution in [0, 0.1) is 23.5 Å². The second-order valence-electron chi connectivity index (χ2n) is 2.86. The molecule has 0 saturated carbocycles. The number of nitrogens with zero attached hydrogens (tertiary/aromatic N) is 3. The number of rotatable bonds is 2. The zero-order chi connectivity index (χ0) is 11.4. The summed E-state index contributed by atoms with van der Waals surface area (Å²) in [5, 5.41) is 8.84. The van der Waals surface area contributed by atoms with Crippen LogP contribution in [0.25, 0.3) is 0 Å². The van der Waals surface area contributed by atoms with Gasteiger partial charge in [0, 0.05) is 4.90 Å². The Kier molecular flexibility index (Phi) is 3.13. The summed E-state index contributed by atoms with van der Waals surface area (Å²) in [4.78, 5) is 7.96. The molecule has 0 atom stereocenters. The van der Waals surface area contributed by atoms with E-state index < -0.39 is 5.82 Å². The fourth-order valence-electron chi connectivity index (χ4n) is 1.05. The van der Waals surface area contributed by atoms with E-state index in [9.17, 15) is 4.39 Å². The Balaban J connectivity index is 2.22. The maximum atomic E-state index is 13.2. The third-order valence-corrected chi connectivity index (χ3v) is 2.78. The molecule has 0 amide bonds. The molecular weight excluding hydrogens is 225 g/mol. The molecule has 0 aliphatic carbocycles. The van der Waals surface area contributed by atoms with Crippen LogP contribution in [0.1, 0.15) is 5.56 Å². The topological polar surface area (TPSA) is 49.6 Å². The summed E-state index contributed by atoms with van der Waals surface area (Å²) in [5.41, 5.74) is 0.569. The summed E-state index contributed by atoms with van der Waals surface area (Å²) in [6, 6.07) is 8.84. The normalized spacial score (nSPS) is 9.75. The second-order valence-corrected chi connectivity index (χ2v) is 3.92. The van der Waals surface area contributed by atoms with Crippen LogP contribution in [0.15, 0.2) is 40.4 Å². The van der Waals surface area contributed by atoms with Crippen LogP contribution in [0.4, 0.5) is 4.39 Å². The van der Waals surface area contributed by atoms with Crippen LogP contribution in [0.5, 0.6) is 0 Å². The molecule has 1 heterocycles. The second kappa shape index (κ2) is 4.73. The highest BCUT2D eigenvalue weighted by molar-refractivity contribution is 7.99. The first-order valence-electron chi connectivity index (χ1n) is 4.36. The van der Waals surface area contributed by atoms with Gasteiger partial charge in [0.25, 0.3) is 0 Å². The lowest BCUT2D eigenvalue weighted by molar-refractivity contribution is 0.578. The van der Waals surface area contributed by atoms with Crippen LogP contribution in [-0.4, -0.2) is 9.97 Å². The van der Waals surface area contributed by atoms with E-state index in [1.54, 1.807) is 24.3 Å². The van der Waals surface area contributed by atoms with Gasteiger partial charge in [-0.15, -0.1) is 0 Å². The quantitative estimate of drug-likeness (QED) is 0.743. The van der Waals surface area contributed by atoms with E-state index in [4.69, 9.17) is 5.26 Å². The molecule has 0 fully saturated rings. The van der Waals surface area contributed by atoms with Crippen molar-refractivity contribution >= 4 is 11.8 Å². The molecule has 0 aliphatic heterocycles. The fraction of sp³-hybridized carbons (Fsp3) is 0. The molecule has 0 aliphatic rings. The predicted molar refractivity (Wildman–Crippen MR) is 56.1 cm³/mol. The third kappa shape index (κ3) is 2.35. The number of nitriles is 1. The van der Waals surface area contributed by atoms with Crippen molar-refractivity contribution < 1.29 is 4.39 Å². The summed E-state index contributed by atoms with van der Waals surface area (Å²) in [7, 11) is 0. The van der Waals surface area contributed by atoms with Crippen molar-refractivity contribution in [2.24, 2.45) is 0 Å². The molecule has 3 nitrogen and oxygen atoms in total. The number of halogens is 1. The van der Waals surface area contributed by atoms with Crippen LogP contribution >= 0.6 is 11.8 Å². The van der Waals surface area contributed by atoms with Gasteiger partial charge in [0.05, 0.1) is 17.8 Å². The monoisotopic (exact) mass is 230 g/mol. The minimum atomic E-state index is -0.479. The van der Waals surface area contributed by atoms with Crippen molar-refractivity contribution in [2.45, 2.75) is 9.92 Å². The van der Waals surface area contributed by atoms with Crippen molar-refractivity contribution in [1.82, 2.24) is 9.97 Å². The SMILES string of the molecule is N#Cc1ccc(Sc2n[c]ncc2F)cc1. The van der Waals surface area contributed by atoms with Crippen molar-refractivity contribution in [3.63, 3.8) is 0 Å². The van der Waals surface area contributed by atoms with E-state index in [1.807, 2.05) is 6.07 Å². The molecule has 0 unspecified atom stereocenters. The Morgan fingerprint density at radius 1 is 1.31 bits per heavy atom. The van der Waals surface area contributed by atoms with Gasteiger partial charge < -0.3 is 0 Å². The molecule has 77 valence electrons. The van der Waals surface area contributed by atoms with Crippen molar-refractivity contribution in [1.29, 1.82) is 5.26 Å². The van der Waals surface area contributed by atoms with Gasteiger partial charge in [0.1, 0.15) is 5.03 Å². The summed E-state index contributed by atoms with van der Waals surface area (Å²) in [6.45, 7) is 0. The lowest BCUT2D eigenvalue weighted by Gasteiger charge is -2.00. The Hall–Kier alpha value is -1.93. The number of benzene rings is 1. The average molecular weight is 230 g/mol. The average Bonchev–Trinajstić information content (AvgIpc) is 2.33. The predicted octanol–water partition coefficient (Wildman–Crippen LogP) is 2.44. The van der Waals surface area contributed by atoms with Gasteiger partial charge in [-0.3, -0.25) is 0 Å². The molecule has 1 aromatic heterocycles. The first-order valence-corrected chi connectivity index (χ1v) is 5.18. The molecule has 0 saturated heterocycles. The van der Waals surface area contributed by atoms with Crippen LogP contribution in [0.3, 0.4) is 0 Å². The molecule has 2 aromatic rings. The highest BCUT2D eigenvalue weighted by atomic mass is 32.2.